The number of halogens is 1. The minimum atomic E-state index is 0. The summed E-state index contributed by atoms with van der Waals surface area (Å²) < 4.78 is 0. The van der Waals surface area contributed by atoms with Crippen LogP contribution in [-0.4, -0.2) is 85.0 Å². The molecule has 2 atom stereocenters. The Bertz CT molecular complexity index is 524. The van der Waals surface area contributed by atoms with E-state index in [1.54, 1.807) is 0 Å². The average Bonchev–Trinajstić information content (AvgIpc) is 3.03. The fraction of sp³-hybridized carbons (Fsp3) is 0.900. The number of guanidine groups is 1. The molecule has 0 aromatic rings. The molecule has 2 unspecified atom stereocenters. The van der Waals surface area contributed by atoms with E-state index in [0.717, 1.165) is 77.1 Å². The van der Waals surface area contributed by atoms with E-state index >= 15 is 0 Å². The Hall–Kier alpha value is -0.570. The smallest absolute Gasteiger partial charge is 0.239 e. The Morgan fingerprint density at radius 2 is 1.70 bits per heavy atom. The molecule has 6 nitrogen and oxygen atoms in total. The van der Waals surface area contributed by atoms with Crippen molar-refractivity contribution < 1.29 is 4.79 Å². The second kappa shape index (κ2) is 9.76. The van der Waals surface area contributed by atoms with Gasteiger partial charge in [0.2, 0.25) is 5.91 Å². The number of carbonyl (C=O) groups excluding carboxylic acids is 1. The van der Waals surface area contributed by atoms with Crippen LogP contribution in [0.1, 0.15) is 47.0 Å². The maximum Gasteiger partial charge on any atom is 0.239 e. The van der Waals surface area contributed by atoms with Crippen LogP contribution in [0.25, 0.3) is 0 Å². The number of aliphatic imine (C=N–C) groups is 1. The third kappa shape index (κ3) is 5.71. The number of nitrogens with zero attached hydrogens (tertiary/aromatic N) is 4. The number of piperazine rings is 1. The predicted molar refractivity (Wildman–Crippen MR) is 122 cm³/mol. The number of rotatable bonds is 5. The number of amides is 1. The first kappa shape index (κ1) is 22.7. The second-order valence-corrected chi connectivity index (χ2v) is 8.82. The summed E-state index contributed by atoms with van der Waals surface area (Å²) in [6.45, 7) is 16.3. The minimum Gasteiger partial charge on any atom is -0.357 e. The first-order valence-electron chi connectivity index (χ1n) is 10.5. The molecule has 0 spiro atoms. The lowest BCUT2D eigenvalue weighted by atomic mass is 10.1. The number of hydrogen-bond acceptors (Lipinski definition) is 3. The molecule has 156 valence electrons. The van der Waals surface area contributed by atoms with Crippen molar-refractivity contribution in [1.29, 1.82) is 0 Å². The molecular weight excluding hydrogens is 453 g/mol. The molecule has 0 radical (unpaired) electrons. The lowest BCUT2D eigenvalue weighted by Crippen LogP contribution is -2.57. The summed E-state index contributed by atoms with van der Waals surface area (Å²) >= 11 is 0. The first-order chi connectivity index (χ1) is 12.4. The Morgan fingerprint density at radius 3 is 2.22 bits per heavy atom. The van der Waals surface area contributed by atoms with Gasteiger partial charge >= 0.3 is 0 Å². The number of likely N-dealkylation sites (tertiary alicyclic amines) is 1. The highest BCUT2D eigenvalue weighted by Crippen LogP contribution is 2.51. The molecule has 3 aliphatic rings. The summed E-state index contributed by atoms with van der Waals surface area (Å²) in [5.41, 5.74) is 0.477. The maximum absolute atomic E-state index is 12.6. The number of hydrogen-bond donors (Lipinski definition) is 1. The molecule has 7 heteroatoms. The molecule has 0 bridgehead atoms. The van der Waals surface area contributed by atoms with Crippen LogP contribution in [0.3, 0.4) is 0 Å². The van der Waals surface area contributed by atoms with Crippen molar-refractivity contribution in [2.75, 3.05) is 52.4 Å². The van der Waals surface area contributed by atoms with Crippen LogP contribution in [0.15, 0.2) is 4.99 Å². The average molecular weight is 491 g/mol. The van der Waals surface area contributed by atoms with Crippen LogP contribution >= 0.6 is 24.0 Å². The molecule has 3 rings (SSSR count). The van der Waals surface area contributed by atoms with E-state index in [1.807, 2.05) is 4.90 Å². The van der Waals surface area contributed by atoms with Gasteiger partial charge < -0.3 is 15.1 Å². The van der Waals surface area contributed by atoms with Crippen molar-refractivity contribution in [3.05, 3.63) is 0 Å². The highest BCUT2D eigenvalue weighted by Gasteiger charge is 2.45. The Morgan fingerprint density at radius 1 is 1.11 bits per heavy atom. The predicted octanol–water partition coefficient (Wildman–Crippen LogP) is 2.24. The lowest BCUT2D eigenvalue weighted by molar-refractivity contribution is -0.135. The van der Waals surface area contributed by atoms with Gasteiger partial charge in [0.1, 0.15) is 0 Å². The summed E-state index contributed by atoms with van der Waals surface area (Å²) in [6, 6.07) is 0.00189. The Labute approximate surface area is 182 Å². The van der Waals surface area contributed by atoms with E-state index in [0.29, 0.717) is 11.3 Å². The highest BCUT2D eigenvalue weighted by atomic mass is 127. The van der Waals surface area contributed by atoms with E-state index in [-0.39, 0.29) is 30.0 Å². The lowest BCUT2D eigenvalue weighted by Gasteiger charge is -2.39. The SMILES string of the molecule is CCNC(=NCC1CC1(C)C)N1CCN(C(C)C(=O)N2CCCC2)CC1.I. The zero-order valence-electron chi connectivity index (χ0n) is 17.5. The normalized spacial score (nSPS) is 26.5. The second-order valence-electron chi connectivity index (χ2n) is 8.82. The molecule has 1 amide bonds. The summed E-state index contributed by atoms with van der Waals surface area (Å²) in [7, 11) is 0. The van der Waals surface area contributed by atoms with Crippen molar-refractivity contribution in [1.82, 2.24) is 20.0 Å². The molecule has 2 aliphatic heterocycles. The van der Waals surface area contributed by atoms with Gasteiger partial charge in [0, 0.05) is 52.4 Å². The van der Waals surface area contributed by atoms with Gasteiger partial charge in [0.25, 0.3) is 0 Å². The molecule has 1 N–H and O–H groups in total. The number of nitrogens with one attached hydrogen (secondary N) is 1. The summed E-state index contributed by atoms with van der Waals surface area (Å²) in [6.07, 6.45) is 3.61. The minimum absolute atomic E-state index is 0. The molecule has 1 aliphatic carbocycles. The van der Waals surface area contributed by atoms with E-state index in [4.69, 9.17) is 4.99 Å². The summed E-state index contributed by atoms with van der Waals surface area (Å²) in [5.74, 6) is 2.09. The van der Waals surface area contributed by atoms with Crippen molar-refractivity contribution >= 4 is 35.8 Å². The summed E-state index contributed by atoms with van der Waals surface area (Å²) in [5, 5.41) is 3.46. The van der Waals surface area contributed by atoms with Gasteiger partial charge in [-0.3, -0.25) is 14.7 Å². The summed E-state index contributed by atoms with van der Waals surface area (Å²) in [4.78, 5) is 24.3. The van der Waals surface area contributed by atoms with E-state index < -0.39 is 0 Å². The van der Waals surface area contributed by atoms with Gasteiger partial charge in [-0.25, -0.2) is 0 Å². The first-order valence-corrected chi connectivity index (χ1v) is 10.5. The molecule has 3 fully saturated rings. The molecule has 2 heterocycles. The molecule has 2 saturated heterocycles. The monoisotopic (exact) mass is 491 g/mol. The fourth-order valence-electron chi connectivity index (χ4n) is 4.19. The van der Waals surface area contributed by atoms with Crippen LogP contribution in [0.5, 0.6) is 0 Å². The standard InChI is InChI=1S/C20H37N5O.HI/c1-5-21-19(22-15-17-14-20(17,3)4)25-12-10-23(11-13-25)16(2)18(26)24-8-6-7-9-24;/h16-17H,5-15H2,1-4H3,(H,21,22);1H. The zero-order chi connectivity index (χ0) is 18.7. The Kier molecular flexibility index (Phi) is 8.21. The molecule has 0 aromatic heterocycles. The van der Waals surface area contributed by atoms with Gasteiger partial charge in [-0.1, -0.05) is 13.8 Å². The highest BCUT2D eigenvalue weighted by molar-refractivity contribution is 14.0. The van der Waals surface area contributed by atoms with Gasteiger partial charge in [-0.15, -0.1) is 24.0 Å². The van der Waals surface area contributed by atoms with Gasteiger partial charge in [0.15, 0.2) is 5.96 Å². The topological polar surface area (TPSA) is 51.2 Å². The van der Waals surface area contributed by atoms with Gasteiger partial charge in [-0.2, -0.15) is 0 Å². The van der Waals surface area contributed by atoms with E-state index in [1.165, 1.54) is 6.42 Å². The van der Waals surface area contributed by atoms with Gasteiger partial charge in [0.05, 0.1) is 6.04 Å². The van der Waals surface area contributed by atoms with Crippen molar-refractivity contribution in [3.63, 3.8) is 0 Å². The molecule has 1 saturated carbocycles. The quantitative estimate of drug-likeness (QED) is 0.364. The van der Waals surface area contributed by atoms with Crippen LogP contribution in [0, 0.1) is 11.3 Å². The maximum atomic E-state index is 12.6. The van der Waals surface area contributed by atoms with E-state index in [9.17, 15) is 4.79 Å². The van der Waals surface area contributed by atoms with Crippen molar-refractivity contribution in [2.24, 2.45) is 16.3 Å². The van der Waals surface area contributed by atoms with Crippen LogP contribution in [0.2, 0.25) is 0 Å². The van der Waals surface area contributed by atoms with Crippen LogP contribution < -0.4 is 5.32 Å². The molecule has 0 aromatic carbocycles. The van der Waals surface area contributed by atoms with E-state index in [2.05, 4.69) is 42.8 Å². The van der Waals surface area contributed by atoms with Gasteiger partial charge in [-0.05, 0) is 44.4 Å². The third-order valence-corrected chi connectivity index (χ3v) is 6.45. The number of carbonyl (C=O) groups is 1. The van der Waals surface area contributed by atoms with Crippen molar-refractivity contribution in [3.8, 4) is 0 Å². The zero-order valence-corrected chi connectivity index (χ0v) is 19.9. The Balaban J connectivity index is 0.00000261. The molecule has 27 heavy (non-hydrogen) atoms. The molecular formula is C20H38IN5O. The third-order valence-electron chi connectivity index (χ3n) is 6.45. The fourth-order valence-corrected chi connectivity index (χ4v) is 4.19. The van der Waals surface area contributed by atoms with Crippen molar-refractivity contribution in [2.45, 2.75) is 53.0 Å². The van der Waals surface area contributed by atoms with Crippen LogP contribution in [-0.2, 0) is 4.79 Å². The largest absolute Gasteiger partial charge is 0.357 e. The van der Waals surface area contributed by atoms with Crippen LogP contribution in [0.4, 0.5) is 0 Å².